The minimum Gasteiger partial charge on any atom is -0.332 e. The number of thioether (sulfide) groups is 1. The van der Waals surface area contributed by atoms with Gasteiger partial charge in [-0.3, -0.25) is 0 Å². The average Bonchev–Trinajstić information content (AvgIpc) is 2.44. The van der Waals surface area contributed by atoms with E-state index in [9.17, 15) is 0 Å². The van der Waals surface area contributed by atoms with Crippen molar-refractivity contribution in [1.29, 1.82) is 0 Å². The van der Waals surface area contributed by atoms with Gasteiger partial charge in [0, 0.05) is 10.6 Å². The molecule has 0 aliphatic heterocycles. The van der Waals surface area contributed by atoms with Crippen molar-refractivity contribution in [2.75, 3.05) is 16.9 Å². The summed E-state index contributed by atoms with van der Waals surface area (Å²) in [6.45, 7) is 4.19. The zero-order chi connectivity index (χ0) is 14.5. The highest BCUT2D eigenvalue weighted by atomic mass is 32.2. The number of aryl methyl sites for hydroxylation is 1. The number of rotatable bonds is 3. The molecule has 0 aromatic heterocycles. The lowest BCUT2D eigenvalue weighted by molar-refractivity contribution is 1.34. The zero-order valence-corrected chi connectivity index (χ0v) is 13.5. The van der Waals surface area contributed by atoms with Crippen LogP contribution in [-0.2, 0) is 0 Å². The summed E-state index contributed by atoms with van der Waals surface area (Å²) in [6, 6.07) is 14.3. The van der Waals surface area contributed by atoms with Gasteiger partial charge < -0.3 is 10.6 Å². The molecule has 0 saturated carbocycles. The molecular formula is C16H18N2S2. The van der Waals surface area contributed by atoms with Crippen LogP contribution in [0.1, 0.15) is 11.1 Å². The monoisotopic (exact) mass is 302 g/mol. The van der Waals surface area contributed by atoms with E-state index in [1.54, 1.807) is 11.8 Å². The Morgan fingerprint density at radius 3 is 2.35 bits per heavy atom. The van der Waals surface area contributed by atoms with E-state index in [0.717, 1.165) is 11.4 Å². The van der Waals surface area contributed by atoms with Crippen molar-refractivity contribution in [1.82, 2.24) is 0 Å². The van der Waals surface area contributed by atoms with Gasteiger partial charge in [-0.25, -0.2) is 0 Å². The molecule has 2 rings (SSSR count). The van der Waals surface area contributed by atoms with Crippen LogP contribution in [-0.4, -0.2) is 11.4 Å². The molecule has 2 nitrogen and oxygen atoms in total. The number of nitrogens with one attached hydrogen (secondary N) is 2. The molecule has 0 amide bonds. The van der Waals surface area contributed by atoms with E-state index in [1.165, 1.54) is 16.0 Å². The molecule has 0 aliphatic rings. The second kappa shape index (κ2) is 6.77. The van der Waals surface area contributed by atoms with Crippen LogP contribution in [0.5, 0.6) is 0 Å². The predicted octanol–water partition coefficient (Wildman–Crippen LogP) is 4.83. The van der Waals surface area contributed by atoms with Crippen LogP contribution in [0.2, 0.25) is 0 Å². The Hall–Kier alpha value is -1.52. The van der Waals surface area contributed by atoms with Crippen molar-refractivity contribution < 1.29 is 0 Å². The smallest absolute Gasteiger partial charge is 0.175 e. The van der Waals surface area contributed by atoms with Gasteiger partial charge in [-0.2, -0.15) is 0 Å². The van der Waals surface area contributed by atoms with E-state index in [1.807, 2.05) is 30.3 Å². The van der Waals surface area contributed by atoms with Crippen LogP contribution < -0.4 is 10.6 Å². The summed E-state index contributed by atoms with van der Waals surface area (Å²) in [5.41, 5.74) is 4.55. The highest BCUT2D eigenvalue weighted by Crippen LogP contribution is 2.25. The lowest BCUT2D eigenvalue weighted by atomic mass is 10.1. The molecule has 2 aromatic rings. The van der Waals surface area contributed by atoms with Gasteiger partial charge in [0.25, 0.3) is 0 Å². The summed E-state index contributed by atoms with van der Waals surface area (Å²) < 4.78 is 0. The molecule has 0 radical (unpaired) electrons. The summed E-state index contributed by atoms with van der Waals surface area (Å²) in [7, 11) is 0. The number of anilines is 2. The molecule has 0 fully saturated rings. The van der Waals surface area contributed by atoms with Crippen molar-refractivity contribution in [3.05, 3.63) is 53.6 Å². The van der Waals surface area contributed by atoms with Crippen molar-refractivity contribution in [2.24, 2.45) is 0 Å². The second-order valence-electron chi connectivity index (χ2n) is 4.53. The molecule has 0 atom stereocenters. The topological polar surface area (TPSA) is 24.1 Å². The third kappa shape index (κ3) is 3.52. The molecule has 20 heavy (non-hydrogen) atoms. The summed E-state index contributed by atoms with van der Waals surface area (Å²) in [4.78, 5) is 1.18. The Balaban J connectivity index is 2.11. The molecule has 0 bridgehead atoms. The molecular weight excluding hydrogens is 284 g/mol. The first-order valence-electron chi connectivity index (χ1n) is 6.39. The molecule has 2 aromatic carbocycles. The largest absolute Gasteiger partial charge is 0.332 e. The summed E-state index contributed by atoms with van der Waals surface area (Å²) in [5, 5.41) is 7.13. The third-order valence-corrected chi connectivity index (χ3v) is 4.21. The normalized spacial score (nSPS) is 10.2. The fourth-order valence-corrected chi connectivity index (χ4v) is 2.68. The third-order valence-electron chi connectivity index (χ3n) is 3.21. The van der Waals surface area contributed by atoms with E-state index in [-0.39, 0.29) is 0 Å². The van der Waals surface area contributed by atoms with Gasteiger partial charge in [0.1, 0.15) is 0 Å². The van der Waals surface area contributed by atoms with Gasteiger partial charge in [0.2, 0.25) is 0 Å². The standard InChI is InChI=1S/C16H18N2S2/c1-11-7-6-9-13(12(11)2)17-16(19)18-14-8-4-5-10-15(14)20-3/h4-10H,1-3H3,(H2,17,18,19). The van der Waals surface area contributed by atoms with E-state index in [0.29, 0.717) is 5.11 Å². The Labute approximate surface area is 130 Å². The van der Waals surface area contributed by atoms with Gasteiger partial charge in [-0.15, -0.1) is 11.8 Å². The van der Waals surface area contributed by atoms with Crippen molar-refractivity contribution in [2.45, 2.75) is 18.7 Å². The Morgan fingerprint density at radius 1 is 0.950 bits per heavy atom. The summed E-state index contributed by atoms with van der Waals surface area (Å²) in [6.07, 6.45) is 2.06. The zero-order valence-electron chi connectivity index (χ0n) is 11.9. The number of thiocarbonyl (C=S) groups is 1. The highest BCUT2D eigenvalue weighted by molar-refractivity contribution is 7.98. The Morgan fingerprint density at radius 2 is 1.60 bits per heavy atom. The SMILES string of the molecule is CSc1ccccc1NC(=S)Nc1cccc(C)c1C. The predicted molar refractivity (Wildman–Crippen MR) is 94.0 cm³/mol. The number of hydrogen-bond acceptors (Lipinski definition) is 2. The van der Waals surface area contributed by atoms with Crippen LogP contribution in [0.4, 0.5) is 11.4 Å². The average molecular weight is 302 g/mol. The quantitative estimate of drug-likeness (QED) is 0.626. The molecule has 2 N–H and O–H groups in total. The fraction of sp³-hybridized carbons (Fsp3) is 0.188. The maximum atomic E-state index is 5.40. The van der Waals surface area contributed by atoms with Crippen molar-refractivity contribution in [3.8, 4) is 0 Å². The first-order chi connectivity index (χ1) is 9.61. The van der Waals surface area contributed by atoms with Crippen LogP contribution >= 0.6 is 24.0 Å². The van der Waals surface area contributed by atoms with Gasteiger partial charge in [-0.05, 0) is 61.6 Å². The Bertz CT molecular complexity index is 624. The summed E-state index contributed by atoms with van der Waals surface area (Å²) >= 11 is 7.10. The molecule has 4 heteroatoms. The minimum atomic E-state index is 0.611. The van der Waals surface area contributed by atoms with Crippen LogP contribution in [0.15, 0.2) is 47.4 Å². The van der Waals surface area contributed by atoms with Crippen molar-refractivity contribution >= 4 is 40.5 Å². The first kappa shape index (κ1) is 14.9. The van der Waals surface area contributed by atoms with E-state index in [4.69, 9.17) is 12.2 Å². The number of hydrogen-bond donors (Lipinski definition) is 2. The number of para-hydroxylation sites is 1. The molecule has 0 aliphatic carbocycles. The van der Waals surface area contributed by atoms with E-state index in [2.05, 4.69) is 42.9 Å². The summed E-state index contributed by atoms with van der Waals surface area (Å²) in [5.74, 6) is 0. The van der Waals surface area contributed by atoms with E-state index < -0.39 is 0 Å². The van der Waals surface area contributed by atoms with E-state index >= 15 is 0 Å². The highest BCUT2D eigenvalue weighted by Gasteiger charge is 2.05. The van der Waals surface area contributed by atoms with Gasteiger partial charge >= 0.3 is 0 Å². The van der Waals surface area contributed by atoms with Crippen LogP contribution in [0, 0.1) is 13.8 Å². The van der Waals surface area contributed by atoms with Gasteiger partial charge in [0.15, 0.2) is 5.11 Å². The molecule has 0 spiro atoms. The lowest BCUT2D eigenvalue weighted by Crippen LogP contribution is -2.20. The lowest BCUT2D eigenvalue weighted by Gasteiger charge is -2.15. The molecule has 0 saturated heterocycles. The fourth-order valence-electron chi connectivity index (χ4n) is 1.91. The molecule has 0 unspecified atom stereocenters. The van der Waals surface area contributed by atoms with Crippen LogP contribution in [0.3, 0.4) is 0 Å². The Kier molecular flexibility index (Phi) is 5.04. The minimum absolute atomic E-state index is 0.611. The van der Waals surface area contributed by atoms with Gasteiger partial charge in [0.05, 0.1) is 5.69 Å². The second-order valence-corrected chi connectivity index (χ2v) is 5.78. The van der Waals surface area contributed by atoms with Crippen LogP contribution in [0.25, 0.3) is 0 Å². The maximum absolute atomic E-state index is 5.40. The van der Waals surface area contributed by atoms with Crippen molar-refractivity contribution in [3.63, 3.8) is 0 Å². The molecule has 0 heterocycles. The maximum Gasteiger partial charge on any atom is 0.175 e. The molecule has 104 valence electrons. The van der Waals surface area contributed by atoms with Gasteiger partial charge in [-0.1, -0.05) is 24.3 Å². The first-order valence-corrected chi connectivity index (χ1v) is 8.02. The number of benzene rings is 2.